The van der Waals surface area contributed by atoms with Crippen LogP contribution >= 0.6 is 22.7 Å². The second kappa shape index (κ2) is 8.71. The number of hydrogen-bond acceptors (Lipinski definition) is 4. The summed E-state index contributed by atoms with van der Waals surface area (Å²) < 4.78 is 6.12. The van der Waals surface area contributed by atoms with Crippen LogP contribution in [0.2, 0.25) is 0 Å². The minimum atomic E-state index is 0.759. The Morgan fingerprint density at radius 1 is 0.465 bits per heavy atom. The Labute approximate surface area is 253 Å². The molecule has 0 fully saturated rings. The molecule has 200 valence electrons. The van der Waals surface area contributed by atoms with E-state index in [4.69, 9.17) is 9.97 Å². The van der Waals surface area contributed by atoms with Crippen LogP contribution in [0.15, 0.2) is 127 Å². The van der Waals surface area contributed by atoms with Crippen molar-refractivity contribution in [2.45, 2.75) is 0 Å². The van der Waals surface area contributed by atoms with Crippen LogP contribution in [0.1, 0.15) is 0 Å². The smallest absolute Gasteiger partial charge is 0.163 e. The third-order valence-corrected chi connectivity index (χ3v) is 10.8. The Morgan fingerprint density at radius 3 is 1.95 bits per heavy atom. The number of thiophene rings is 2. The zero-order chi connectivity index (χ0) is 28.1. The SMILES string of the molecule is c1ccc2cc3c(cc2c1)c1ccccc1n3-c1nc(-c2cccc3sc4ccccc4c23)nc2sc3ccccc3c12. The number of benzene rings is 6. The highest BCUT2D eigenvalue weighted by molar-refractivity contribution is 7.26. The van der Waals surface area contributed by atoms with E-state index >= 15 is 0 Å². The van der Waals surface area contributed by atoms with Crippen molar-refractivity contribution < 1.29 is 0 Å². The fraction of sp³-hybridized carbons (Fsp3) is 0. The molecule has 0 aliphatic rings. The van der Waals surface area contributed by atoms with Crippen molar-refractivity contribution in [3.8, 4) is 17.2 Å². The van der Waals surface area contributed by atoms with Gasteiger partial charge in [0.15, 0.2) is 11.6 Å². The third-order valence-electron chi connectivity index (χ3n) is 8.62. The van der Waals surface area contributed by atoms with Crippen LogP contribution in [0.5, 0.6) is 0 Å². The predicted octanol–water partition coefficient (Wildman–Crippen LogP) is 11.1. The number of fused-ring (bicyclic) bond motifs is 10. The molecule has 0 amide bonds. The highest BCUT2D eigenvalue weighted by Crippen LogP contribution is 2.43. The zero-order valence-electron chi connectivity index (χ0n) is 22.8. The monoisotopic (exact) mass is 583 g/mol. The van der Waals surface area contributed by atoms with E-state index in [2.05, 4.69) is 132 Å². The van der Waals surface area contributed by atoms with Crippen molar-refractivity contribution in [3.63, 3.8) is 0 Å². The van der Waals surface area contributed by atoms with Crippen molar-refractivity contribution >= 4 is 95.7 Å². The Balaban J connectivity index is 1.40. The molecule has 0 saturated carbocycles. The lowest BCUT2D eigenvalue weighted by atomic mass is 10.1. The van der Waals surface area contributed by atoms with E-state index in [1.165, 1.54) is 51.8 Å². The lowest BCUT2D eigenvalue weighted by Crippen LogP contribution is -2.02. The molecule has 10 rings (SSSR count). The van der Waals surface area contributed by atoms with Crippen LogP contribution < -0.4 is 0 Å². The quantitative estimate of drug-likeness (QED) is 0.203. The van der Waals surface area contributed by atoms with Gasteiger partial charge in [-0.25, -0.2) is 9.97 Å². The summed E-state index contributed by atoms with van der Waals surface area (Å²) in [6, 6.07) is 45.8. The molecule has 6 aromatic carbocycles. The van der Waals surface area contributed by atoms with Crippen LogP contribution in [-0.4, -0.2) is 14.5 Å². The molecule has 0 bridgehead atoms. The molecule has 4 aromatic heterocycles. The summed E-state index contributed by atoms with van der Waals surface area (Å²) in [6.45, 7) is 0. The van der Waals surface area contributed by atoms with Crippen LogP contribution in [0.4, 0.5) is 0 Å². The first-order valence-corrected chi connectivity index (χ1v) is 16.0. The van der Waals surface area contributed by atoms with E-state index in [9.17, 15) is 0 Å². The van der Waals surface area contributed by atoms with Gasteiger partial charge in [0.05, 0.1) is 16.4 Å². The van der Waals surface area contributed by atoms with E-state index in [0.29, 0.717) is 0 Å². The topological polar surface area (TPSA) is 30.7 Å². The van der Waals surface area contributed by atoms with Gasteiger partial charge in [0, 0.05) is 46.6 Å². The third kappa shape index (κ3) is 3.29. The van der Waals surface area contributed by atoms with Gasteiger partial charge in [-0.2, -0.15) is 0 Å². The zero-order valence-corrected chi connectivity index (χ0v) is 24.4. The van der Waals surface area contributed by atoms with E-state index in [1.54, 1.807) is 11.3 Å². The fourth-order valence-corrected chi connectivity index (χ4v) is 8.93. The molecular formula is C38H21N3S2. The normalized spacial score (nSPS) is 12.2. The molecule has 0 N–H and O–H groups in total. The van der Waals surface area contributed by atoms with Crippen LogP contribution in [0.25, 0.3) is 90.3 Å². The number of nitrogens with zero attached hydrogens (tertiary/aromatic N) is 3. The summed E-state index contributed by atoms with van der Waals surface area (Å²) in [6.07, 6.45) is 0. The highest BCUT2D eigenvalue weighted by atomic mass is 32.1. The van der Waals surface area contributed by atoms with Gasteiger partial charge in [-0.3, -0.25) is 4.57 Å². The van der Waals surface area contributed by atoms with Crippen LogP contribution in [0, 0.1) is 0 Å². The predicted molar refractivity (Wildman–Crippen MR) is 185 cm³/mol. The maximum Gasteiger partial charge on any atom is 0.163 e. The first kappa shape index (κ1) is 23.5. The number of rotatable bonds is 2. The summed E-state index contributed by atoms with van der Waals surface area (Å²) in [4.78, 5) is 11.8. The Hall–Kier alpha value is -5.10. The summed E-state index contributed by atoms with van der Waals surface area (Å²) >= 11 is 3.57. The molecule has 5 heteroatoms. The molecule has 0 radical (unpaired) electrons. The Morgan fingerprint density at radius 2 is 1.12 bits per heavy atom. The molecule has 4 heterocycles. The highest BCUT2D eigenvalue weighted by Gasteiger charge is 2.22. The van der Waals surface area contributed by atoms with Crippen molar-refractivity contribution in [1.82, 2.24) is 14.5 Å². The molecular weight excluding hydrogens is 563 g/mol. The first-order chi connectivity index (χ1) is 21.3. The van der Waals surface area contributed by atoms with E-state index < -0.39 is 0 Å². The summed E-state index contributed by atoms with van der Waals surface area (Å²) in [5.41, 5.74) is 3.37. The van der Waals surface area contributed by atoms with Gasteiger partial charge in [-0.05, 0) is 47.2 Å². The molecule has 0 spiro atoms. The van der Waals surface area contributed by atoms with Crippen molar-refractivity contribution in [1.29, 1.82) is 0 Å². The van der Waals surface area contributed by atoms with Gasteiger partial charge in [0.1, 0.15) is 4.83 Å². The van der Waals surface area contributed by atoms with Gasteiger partial charge in [-0.15, -0.1) is 22.7 Å². The number of para-hydroxylation sites is 1. The number of aromatic nitrogens is 3. The second-order valence-electron chi connectivity index (χ2n) is 11.0. The minimum Gasteiger partial charge on any atom is -0.293 e. The average Bonchev–Trinajstić information content (AvgIpc) is 3.72. The summed E-state index contributed by atoms with van der Waals surface area (Å²) in [5.74, 6) is 1.69. The summed E-state index contributed by atoms with van der Waals surface area (Å²) in [5, 5.41) is 9.68. The molecule has 0 saturated heterocycles. The van der Waals surface area contributed by atoms with Gasteiger partial charge < -0.3 is 0 Å². The molecule has 43 heavy (non-hydrogen) atoms. The van der Waals surface area contributed by atoms with E-state index in [0.717, 1.165) is 38.5 Å². The molecule has 0 atom stereocenters. The first-order valence-electron chi connectivity index (χ1n) is 14.3. The maximum absolute atomic E-state index is 5.52. The lowest BCUT2D eigenvalue weighted by molar-refractivity contribution is 1.08. The molecule has 0 aliphatic heterocycles. The number of hydrogen-bond donors (Lipinski definition) is 0. The average molecular weight is 584 g/mol. The molecule has 0 unspecified atom stereocenters. The van der Waals surface area contributed by atoms with Gasteiger partial charge in [0.25, 0.3) is 0 Å². The van der Waals surface area contributed by atoms with Gasteiger partial charge in [0.2, 0.25) is 0 Å². The van der Waals surface area contributed by atoms with Crippen LogP contribution in [-0.2, 0) is 0 Å². The van der Waals surface area contributed by atoms with Crippen LogP contribution in [0.3, 0.4) is 0 Å². The van der Waals surface area contributed by atoms with E-state index in [1.807, 2.05) is 11.3 Å². The second-order valence-corrected chi connectivity index (χ2v) is 13.1. The van der Waals surface area contributed by atoms with E-state index in [-0.39, 0.29) is 0 Å². The largest absolute Gasteiger partial charge is 0.293 e. The lowest BCUT2D eigenvalue weighted by Gasteiger charge is -2.12. The maximum atomic E-state index is 5.52. The van der Waals surface area contributed by atoms with Crippen molar-refractivity contribution in [2.75, 3.05) is 0 Å². The van der Waals surface area contributed by atoms with Gasteiger partial charge in [-0.1, -0.05) is 91.0 Å². The van der Waals surface area contributed by atoms with Crippen molar-refractivity contribution in [2.24, 2.45) is 0 Å². The molecule has 3 nitrogen and oxygen atoms in total. The Bertz CT molecular complexity index is 2750. The minimum absolute atomic E-state index is 0.759. The molecule has 0 aliphatic carbocycles. The molecule has 10 aromatic rings. The fourth-order valence-electron chi connectivity index (χ4n) is 6.73. The Kier molecular flexibility index (Phi) is 4.75. The van der Waals surface area contributed by atoms with Crippen molar-refractivity contribution in [3.05, 3.63) is 127 Å². The standard InChI is InChI=1S/C38H21N3S2/c1-2-11-23-21-30-28(20-22(23)10-1)24-12-3-6-16-29(24)41(30)37-35-26-14-5-8-18-32(26)43-38(35)40-36(39-37)27-15-9-19-33-34(27)25-13-4-7-17-31(25)42-33/h1-21H. The summed E-state index contributed by atoms with van der Waals surface area (Å²) in [7, 11) is 0. The van der Waals surface area contributed by atoms with Gasteiger partial charge >= 0.3 is 0 Å².